The maximum atomic E-state index is 13.8. The van der Waals surface area contributed by atoms with Gasteiger partial charge in [0, 0.05) is 54.5 Å². The van der Waals surface area contributed by atoms with Crippen molar-refractivity contribution in [1.82, 2.24) is 24.3 Å². The Morgan fingerprint density at radius 3 is 2.43 bits per heavy atom. The normalized spacial score (nSPS) is 12.9. The number of hydrogen-bond donors (Lipinski definition) is 0. The summed E-state index contributed by atoms with van der Waals surface area (Å²) in [5.74, 6) is -3.41. The fraction of sp³-hybridized carbons (Fsp3) is 0.238. The molecule has 0 radical (unpaired) electrons. The lowest BCUT2D eigenvalue weighted by atomic mass is 10.1. The van der Waals surface area contributed by atoms with E-state index in [1.165, 1.54) is 36.0 Å². The number of imidazole rings is 1. The van der Waals surface area contributed by atoms with E-state index >= 15 is 0 Å². The topological polar surface area (TPSA) is 90.1 Å². The van der Waals surface area contributed by atoms with Crippen LogP contribution in [0.5, 0.6) is 0 Å². The molecular weight excluding hydrogens is 513 g/mol. The summed E-state index contributed by atoms with van der Waals surface area (Å²) in [6, 6.07) is 4.69. The Morgan fingerprint density at radius 2 is 1.77 bits per heavy atom. The molecular formula is C21H16F5N5O2S2. The lowest BCUT2D eigenvalue weighted by molar-refractivity contribution is -0.0329. The average molecular weight is 530 g/mol. The minimum absolute atomic E-state index is 0.0405. The molecule has 0 aliphatic rings. The molecule has 4 heterocycles. The molecule has 184 valence electrons. The van der Waals surface area contributed by atoms with E-state index in [-0.39, 0.29) is 49.5 Å². The number of thioether (sulfide) groups is 1. The van der Waals surface area contributed by atoms with Gasteiger partial charge in [0.1, 0.15) is 28.4 Å². The zero-order valence-electron chi connectivity index (χ0n) is 18.1. The Kier molecular flexibility index (Phi) is 6.30. The summed E-state index contributed by atoms with van der Waals surface area (Å²) in [4.78, 5) is 16.0. The first-order valence-electron chi connectivity index (χ1n) is 9.95. The van der Waals surface area contributed by atoms with Crippen molar-refractivity contribution in [2.45, 2.75) is 35.2 Å². The van der Waals surface area contributed by atoms with Crippen LogP contribution in [0.25, 0.3) is 28.3 Å². The Labute approximate surface area is 200 Å². The number of nitrogens with zero attached hydrogens (tertiary/aromatic N) is 5. The molecule has 0 aliphatic heterocycles. The predicted molar refractivity (Wildman–Crippen MR) is 119 cm³/mol. The van der Waals surface area contributed by atoms with E-state index in [0.717, 1.165) is 31.5 Å². The summed E-state index contributed by atoms with van der Waals surface area (Å²) in [5.41, 5.74) is -4.39. The fourth-order valence-electron chi connectivity index (χ4n) is 3.19. The molecule has 14 heteroatoms. The van der Waals surface area contributed by atoms with Gasteiger partial charge in [-0.25, -0.2) is 27.2 Å². The number of aromatic nitrogens is 5. The molecule has 7 nitrogen and oxygen atoms in total. The van der Waals surface area contributed by atoms with Crippen LogP contribution in [0.15, 0.2) is 59.1 Å². The highest BCUT2D eigenvalue weighted by Crippen LogP contribution is 2.36. The van der Waals surface area contributed by atoms with Gasteiger partial charge in [-0.1, -0.05) is 6.92 Å². The van der Waals surface area contributed by atoms with Crippen LogP contribution in [0.3, 0.4) is 0 Å². The number of halogens is 5. The monoisotopic (exact) mass is 529 g/mol. The summed E-state index contributed by atoms with van der Waals surface area (Å²) in [5, 5.41) is -0.328. The second-order valence-corrected chi connectivity index (χ2v) is 10.8. The van der Waals surface area contributed by atoms with Crippen molar-refractivity contribution in [3.63, 3.8) is 0 Å². The predicted octanol–water partition coefficient (Wildman–Crippen LogP) is 5.37. The third-order valence-corrected chi connectivity index (χ3v) is 7.32. The first-order chi connectivity index (χ1) is 16.3. The van der Waals surface area contributed by atoms with Crippen LogP contribution >= 0.6 is 11.8 Å². The molecule has 0 unspecified atom stereocenters. The third kappa shape index (κ3) is 5.42. The average Bonchev–Trinajstić information content (AvgIpc) is 3.20. The fourth-order valence-corrected chi connectivity index (χ4v) is 4.76. The third-order valence-electron chi connectivity index (χ3n) is 4.92. The Hall–Kier alpha value is -3.13. The van der Waals surface area contributed by atoms with Crippen molar-refractivity contribution in [3.8, 4) is 22.6 Å². The first kappa shape index (κ1) is 25.0. The van der Waals surface area contributed by atoms with E-state index in [1.54, 1.807) is 0 Å². The van der Waals surface area contributed by atoms with Crippen molar-refractivity contribution in [2.75, 3.05) is 5.75 Å². The summed E-state index contributed by atoms with van der Waals surface area (Å²) >= 11 is -0.402. The smallest absolute Gasteiger partial charge is 0.290 e. The standard InChI is InChI=1S/C21H16F5N5O2S2/c1-3-35(32,33)16-6-12(14-7-13(4-5-27-14)20(2,22)23)9-28-19(16)15-10-31-11-29-18(8-17(31)30-15)34-21(24,25)26/h4-11H,3H2,1-2H3. The number of sulfone groups is 1. The minimum atomic E-state index is -4.53. The van der Waals surface area contributed by atoms with Crippen LogP contribution in [-0.4, -0.2) is 44.0 Å². The van der Waals surface area contributed by atoms with Gasteiger partial charge in [0.15, 0.2) is 9.84 Å². The number of fused-ring (bicyclic) bond motifs is 1. The molecule has 0 fully saturated rings. The zero-order chi connectivity index (χ0) is 25.6. The molecule has 0 atom stereocenters. The molecule has 4 aromatic heterocycles. The van der Waals surface area contributed by atoms with Gasteiger partial charge in [0.05, 0.1) is 16.3 Å². The van der Waals surface area contributed by atoms with Crippen molar-refractivity contribution in [1.29, 1.82) is 0 Å². The number of rotatable bonds is 6. The van der Waals surface area contributed by atoms with E-state index in [0.29, 0.717) is 0 Å². The van der Waals surface area contributed by atoms with Gasteiger partial charge in [0.25, 0.3) is 5.92 Å². The van der Waals surface area contributed by atoms with E-state index in [4.69, 9.17) is 0 Å². The van der Waals surface area contributed by atoms with E-state index in [1.807, 2.05) is 0 Å². The number of hydrogen-bond acceptors (Lipinski definition) is 7. The van der Waals surface area contributed by atoms with Crippen LogP contribution in [0, 0.1) is 0 Å². The van der Waals surface area contributed by atoms with Gasteiger partial charge in [-0.2, -0.15) is 13.2 Å². The molecule has 0 amide bonds. The quantitative estimate of drug-likeness (QED) is 0.188. The highest BCUT2D eigenvalue weighted by atomic mass is 32.2. The molecule has 0 saturated heterocycles. The van der Waals surface area contributed by atoms with Gasteiger partial charge in [-0.05, 0) is 18.2 Å². The molecule has 0 N–H and O–H groups in total. The maximum absolute atomic E-state index is 13.8. The molecule has 4 rings (SSSR count). The van der Waals surface area contributed by atoms with Crippen molar-refractivity contribution < 1.29 is 30.4 Å². The van der Waals surface area contributed by atoms with E-state index in [2.05, 4.69) is 19.9 Å². The van der Waals surface area contributed by atoms with Crippen LogP contribution < -0.4 is 0 Å². The van der Waals surface area contributed by atoms with Gasteiger partial charge < -0.3 is 0 Å². The first-order valence-corrected chi connectivity index (χ1v) is 12.4. The summed E-state index contributed by atoms with van der Waals surface area (Å²) < 4.78 is 92.6. The largest absolute Gasteiger partial charge is 0.447 e. The second kappa shape index (κ2) is 8.82. The van der Waals surface area contributed by atoms with Gasteiger partial charge in [-0.3, -0.25) is 14.4 Å². The molecule has 4 aromatic rings. The molecule has 0 aliphatic carbocycles. The maximum Gasteiger partial charge on any atom is 0.447 e. The molecule has 0 spiro atoms. The van der Waals surface area contributed by atoms with Crippen LogP contribution in [-0.2, 0) is 15.8 Å². The molecule has 0 aromatic carbocycles. The van der Waals surface area contributed by atoms with E-state index in [9.17, 15) is 30.4 Å². The minimum Gasteiger partial charge on any atom is -0.290 e. The zero-order valence-corrected chi connectivity index (χ0v) is 19.7. The van der Waals surface area contributed by atoms with Crippen LogP contribution in [0.4, 0.5) is 22.0 Å². The van der Waals surface area contributed by atoms with Crippen molar-refractivity contribution in [2.24, 2.45) is 0 Å². The van der Waals surface area contributed by atoms with Gasteiger partial charge in [-0.15, -0.1) is 0 Å². The lowest BCUT2D eigenvalue weighted by Gasteiger charge is -2.13. The number of pyridine rings is 2. The Morgan fingerprint density at radius 1 is 1.03 bits per heavy atom. The number of alkyl halides is 5. The molecule has 0 saturated carbocycles. The van der Waals surface area contributed by atoms with Crippen LogP contribution in [0.1, 0.15) is 19.4 Å². The summed E-state index contributed by atoms with van der Waals surface area (Å²) in [7, 11) is -3.87. The SMILES string of the molecule is CCS(=O)(=O)c1cc(-c2cc(C(C)(F)F)ccn2)cnc1-c1cn2cnc(SC(F)(F)F)cc2n1. The summed E-state index contributed by atoms with van der Waals surface area (Å²) in [6.45, 7) is 2.16. The Balaban J connectivity index is 1.83. The second-order valence-electron chi connectivity index (χ2n) is 7.46. The highest BCUT2D eigenvalue weighted by Gasteiger charge is 2.30. The van der Waals surface area contributed by atoms with Crippen molar-refractivity contribution in [3.05, 3.63) is 54.7 Å². The molecule has 35 heavy (non-hydrogen) atoms. The van der Waals surface area contributed by atoms with Gasteiger partial charge in [0.2, 0.25) is 0 Å². The van der Waals surface area contributed by atoms with E-state index < -0.39 is 33.0 Å². The summed E-state index contributed by atoms with van der Waals surface area (Å²) in [6.07, 6.45) is 4.98. The van der Waals surface area contributed by atoms with Gasteiger partial charge >= 0.3 is 5.51 Å². The lowest BCUT2D eigenvalue weighted by Crippen LogP contribution is -2.09. The van der Waals surface area contributed by atoms with Crippen molar-refractivity contribution >= 4 is 27.2 Å². The highest BCUT2D eigenvalue weighted by molar-refractivity contribution is 8.00. The van der Waals surface area contributed by atoms with Crippen LogP contribution in [0.2, 0.25) is 0 Å². The Bertz CT molecular complexity index is 1510. The molecule has 0 bridgehead atoms.